The van der Waals surface area contributed by atoms with Crippen LogP contribution in [0.3, 0.4) is 0 Å². The number of ether oxygens (including phenoxy) is 2. The van der Waals surface area contributed by atoms with E-state index in [2.05, 4.69) is 16.8 Å². The maximum absolute atomic E-state index is 10.3. The maximum Gasteiger partial charge on any atom is 0.161 e. The van der Waals surface area contributed by atoms with Gasteiger partial charge in [-0.25, -0.2) is 0 Å². The Kier molecular flexibility index (Phi) is 7.36. The summed E-state index contributed by atoms with van der Waals surface area (Å²) >= 11 is 0. The van der Waals surface area contributed by atoms with E-state index in [1.54, 1.807) is 7.11 Å². The number of likely N-dealkylation sites (tertiary alicyclic amines) is 1. The van der Waals surface area contributed by atoms with Crippen LogP contribution in [0.5, 0.6) is 11.5 Å². The summed E-state index contributed by atoms with van der Waals surface area (Å²) in [4.78, 5) is 4.47. The monoisotopic (exact) mass is 388 g/mol. The summed E-state index contributed by atoms with van der Waals surface area (Å²) in [5.41, 5.74) is 1.12. The fraction of sp³-hybridized carbons (Fsp3) is 0.545. The highest BCUT2D eigenvalue weighted by atomic mass is 16.5. The Balaban J connectivity index is 1.55. The van der Waals surface area contributed by atoms with Gasteiger partial charge in [-0.2, -0.15) is 0 Å². The van der Waals surface area contributed by atoms with Crippen molar-refractivity contribution in [3.05, 3.63) is 47.4 Å². The van der Waals surface area contributed by atoms with Crippen LogP contribution >= 0.6 is 0 Å². The molecular weight excluding hydrogens is 356 g/mol. The molecule has 3 rings (SSSR count). The van der Waals surface area contributed by atoms with E-state index >= 15 is 0 Å². The van der Waals surface area contributed by atoms with Gasteiger partial charge in [-0.05, 0) is 69.7 Å². The van der Waals surface area contributed by atoms with E-state index in [1.165, 1.54) is 12.8 Å². The molecule has 0 saturated carbocycles. The Bertz CT molecular complexity index is 740. The number of nitrogens with zero attached hydrogens (tertiary/aromatic N) is 2. The van der Waals surface area contributed by atoms with Gasteiger partial charge in [0.2, 0.25) is 0 Å². The molecule has 28 heavy (non-hydrogen) atoms. The number of aryl methyl sites for hydroxylation is 1. The first-order valence-electron chi connectivity index (χ1n) is 9.97. The quantitative estimate of drug-likeness (QED) is 0.675. The van der Waals surface area contributed by atoms with Crippen molar-refractivity contribution in [1.82, 2.24) is 9.80 Å². The standard InChI is InChI=1S/C22H32N2O4/c1-17-6-8-20(28-17)15-23(2)13-18-7-9-21(26-3)22(12-18)27-16-19(25)14-24-10-4-5-11-24/h6-9,12,19,25H,4-5,10-11,13-16H2,1-3H3/t19-/m1/s1. The van der Waals surface area contributed by atoms with Crippen LogP contribution in [0, 0.1) is 6.92 Å². The van der Waals surface area contributed by atoms with Crippen molar-refractivity contribution in [1.29, 1.82) is 0 Å². The zero-order valence-corrected chi connectivity index (χ0v) is 17.2. The molecule has 1 aromatic carbocycles. The van der Waals surface area contributed by atoms with Crippen molar-refractivity contribution in [3.63, 3.8) is 0 Å². The summed E-state index contributed by atoms with van der Waals surface area (Å²) in [6.07, 6.45) is 1.93. The molecule has 0 unspecified atom stereocenters. The molecule has 0 spiro atoms. The summed E-state index contributed by atoms with van der Waals surface area (Å²) in [7, 11) is 3.69. The first-order valence-corrected chi connectivity index (χ1v) is 9.97. The Hall–Kier alpha value is -2.02. The number of β-amino-alcohol motifs (C(OH)–C–C–N with tert-alkyl or cyclic N) is 1. The lowest BCUT2D eigenvalue weighted by Crippen LogP contribution is -2.33. The first kappa shape index (κ1) is 20.7. The number of hydrogen-bond donors (Lipinski definition) is 1. The van der Waals surface area contributed by atoms with Gasteiger partial charge in [0.05, 0.1) is 13.7 Å². The van der Waals surface area contributed by atoms with Crippen molar-refractivity contribution in [2.75, 3.05) is 40.4 Å². The van der Waals surface area contributed by atoms with E-state index in [-0.39, 0.29) is 6.61 Å². The van der Waals surface area contributed by atoms with Crippen molar-refractivity contribution in [2.45, 2.75) is 39.0 Å². The van der Waals surface area contributed by atoms with Gasteiger partial charge < -0.3 is 23.9 Å². The van der Waals surface area contributed by atoms with Crippen molar-refractivity contribution in [2.24, 2.45) is 0 Å². The molecule has 0 aliphatic carbocycles. The largest absolute Gasteiger partial charge is 0.493 e. The zero-order chi connectivity index (χ0) is 19.9. The van der Waals surface area contributed by atoms with Crippen LogP contribution in [0.4, 0.5) is 0 Å². The van der Waals surface area contributed by atoms with Crippen LogP contribution in [-0.2, 0) is 13.1 Å². The second kappa shape index (κ2) is 9.96. The molecule has 1 aliphatic heterocycles. The molecule has 1 saturated heterocycles. The average Bonchev–Trinajstić information content (AvgIpc) is 3.31. The summed E-state index contributed by atoms with van der Waals surface area (Å²) < 4.78 is 17.0. The number of methoxy groups -OCH3 is 1. The van der Waals surface area contributed by atoms with E-state index in [0.717, 1.165) is 43.3 Å². The molecule has 154 valence electrons. The molecule has 2 aromatic rings. The van der Waals surface area contributed by atoms with Crippen molar-refractivity contribution in [3.8, 4) is 11.5 Å². The molecule has 1 aromatic heterocycles. The van der Waals surface area contributed by atoms with Crippen LogP contribution in [-0.4, -0.2) is 61.4 Å². The topological polar surface area (TPSA) is 58.3 Å². The van der Waals surface area contributed by atoms with Gasteiger partial charge in [0.1, 0.15) is 24.2 Å². The molecule has 6 heteroatoms. The van der Waals surface area contributed by atoms with Crippen LogP contribution in [0.15, 0.2) is 34.7 Å². The molecule has 1 atom stereocenters. The summed E-state index contributed by atoms with van der Waals surface area (Å²) in [6, 6.07) is 9.94. The first-order chi connectivity index (χ1) is 13.5. The normalized spacial score (nSPS) is 15.9. The zero-order valence-electron chi connectivity index (χ0n) is 17.2. The Morgan fingerprint density at radius 2 is 1.93 bits per heavy atom. The van der Waals surface area contributed by atoms with E-state index in [4.69, 9.17) is 13.9 Å². The van der Waals surface area contributed by atoms with Crippen LogP contribution < -0.4 is 9.47 Å². The van der Waals surface area contributed by atoms with Gasteiger partial charge in [-0.3, -0.25) is 4.90 Å². The second-order valence-corrected chi connectivity index (χ2v) is 7.64. The lowest BCUT2D eigenvalue weighted by atomic mass is 10.2. The number of aliphatic hydroxyl groups is 1. The van der Waals surface area contributed by atoms with Gasteiger partial charge in [0.25, 0.3) is 0 Å². The summed E-state index contributed by atoms with van der Waals surface area (Å²) in [6.45, 7) is 6.51. The predicted molar refractivity (Wildman–Crippen MR) is 109 cm³/mol. The number of aliphatic hydroxyl groups excluding tert-OH is 1. The SMILES string of the molecule is COc1ccc(CN(C)Cc2ccc(C)o2)cc1OC[C@H](O)CN1CCCC1. The minimum atomic E-state index is -0.503. The maximum atomic E-state index is 10.3. The molecule has 6 nitrogen and oxygen atoms in total. The molecule has 1 fully saturated rings. The molecular formula is C22H32N2O4. The molecule has 1 N–H and O–H groups in total. The Labute approximate surface area is 167 Å². The average molecular weight is 389 g/mol. The number of furan rings is 1. The third-order valence-electron chi connectivity index (χ3n) is 5.00. The number of benzene rings is 1. The molecule has 2 heterocycles. The molecule has 0 bridgehead atoms. The summed E-state index contributed by atoms with van der Waals surface area (Å²) in [5.74, 6) is 3.23. The fourth-order valence-electron chi connectivity index (χ4n) is 3.64. The Morgan fingerprint density at radius 1 is 1.14 bits per heavy atom. The fourth-order valence-corrected chi connectivity index (χ4v) is 3.64. The number of hydrogen-bond acceptors (Lipinski definition) is 6. The molecule has 1 aliphatic rings. The van der Waals surface area contributed by atoms with Gasteiger partial charge in [-0.15, -0.1) is 0 Å². The highest BCUT2D eigenvalue weighted by molar-refractivity contribution is 5.43. The highest BCUT2D eigenvalue weighted by Crippen LogP contribution is 2.29. The minimum Gasteiger partial charge on any atom is -0.493 e. The highest BCUT2D eigenvalue weighted by Gasteiger charge is 2.17. The van der Waals surface area contributed by atoms with Gasteiger partial charge >= 0.3 is 0 Å². The van der Waals surface area contributed by atoms with Gasteiger partial charge in [0, 0.05) is 13.1 Å². The summed E-state index contributed by atoms with van der Waals surface area (Å²) in [5, 5.41) is 10.3. The van der Waals surface area contributed by atoms with E-state index in [9.17, 15) is 5.11 Å². The second-order valence-electron chi connectivity index (χ2n) is 7.64. The van der Waals surface area contributed by atoms with E-state index in [0.29, 0.717) is 18.0 Å². The third kappa shape index (κ3) is 5.99. The lowest BCUT2D eigenvalue weighted by molar-refractivity contribution is 0.0746. The van der Waals surface area contributed by atoms with Crippen molar-refractivity contribution >= 4 is 0 Å². The predicted octanol–water partition coefficient (Wildman–Crippen LogP) is 3.06. The Morgan fingerprint density at radius 3 is 2.61 bits per heavy atom. The van der Waals surface area contributed by atoms with Crippen LogP contribution in [0.25, 0.3) is 0 Å². The van der Waals surface area contributed by atoms with E-state index < -0.39 is 6.10 Å². The lowest BCUT2D eigenvalue weighted by Gasteiger charge is -2.21. The third-order valence-corrected chi connectivity index (χ3v) is 5.00. The van der Waals surface area contributed by atoms with Crippen molar-refractivity contribution < 1.29 is 19.0 Å². The minimum absolute atomic E-state index is 0.262. The molecule has 0 amide bonds. The van der Waals surface area contributed by atoms with Gasteiger partial charge in [0.15, 0.2) is 11.5 Å². The van der Waals surface area contributed by atoms with Crippen LogP contribution in [0.2, 0.25) is 0 Å². The number of rotatable bonds is 10. The smallest absolute Gasteiger partial charge is 0.161 e. The molecule has 0 radical (unpaired) electrons. The van der Waals surface area contributed by atoms with Crippen LogP contribution in [0.1, 0.15) is 29.9 Å². The van der Waals surface area contributed by atoms with Gasteiger partial charge in [-0.1, -0.05) is 6.07 Å². The van der Waals surface area contributed by atoms with E-state index in [1.807, 2.05) is 37.3 Å².